The summed E-state index contributed by atoms with van der Waals surface area (Å²) in [5, 5.41) is 3.49. The Morgan fingerprint density at radius 1 is 1.28 bits per heavy atom. The molecule has 1 fully saturated rings. The summed E-state index contributed by atoms with van der Waals surface area (Å²) in [6.07, 6.45) is 6.28. The Morgan fingerprint density at radius 3 is 2.94 bits per heavy atom. The van der Waals surface area contributed by atoms with E-state index in [9.17, 15) is 0 Å². The van der Waals surface area contributed by atoms with Crippen LogP contribution in [0.15, 0.2) is 29.0 Å². The molecule has 2 aromatic rings. The first-order valence-electron chi connectivity index (χ1n) is 6.64. The van der Waals surface area contributed by atoms with Gasteiger partial charge in [0.2, 0.25) is 0 Å². The van der Waals surface area contributed by atoms with E-state index in [1.807, 2.05) is 18.2 Å². The minimum absolute atomic E-state index is 0.424. The van der Waals surface area contributed by atoms with Crippen LogP contribution in [0.5, 0.6) is 0 Å². The van der Waals surface area contributed by atoms with Gasteiger partial charge in [0.1, 0.15) is 5.52 Å². The Kier molecular flexibility index (Phi) is 3.19. The molecule has 1 aliphatic carbocycles. The Balaban J connectivity index is 1.59. The first-order valence-corrected chi connectivity index (χ1v) is 6.64. The van der Waals surface area contributed by atoms with Gasteiger partial charge in [-0.05, 0) is 49.8 Å². The second-order valence-electron chi connectivity index (χ2n) is 5.20. The second kappa shape index (κ2) is 4.98. The highest BCUT2D eigenvalue weighted by atomic mass is 16.3. The van der Waals surface area contributed by atoms with Gasteiger partial charge in [-0.15, -0.1) is 0 Å². The molecular weight excluding hydrogens is 226 g/mol. The van der Waals surface area contributed by atoms with E-state index in [2.05, 4.69) is 10.3 Å². The van der Waals surface area contributed by atoms with Gasteiger partial charge in [0.15, 0.2) is 12.0 Å². The van der Waals surface area contributed by atoms with Crippen LogP contribution in [0.25, 0.3) is 11.1 Å². The van der Waals surface area contributed by atoms with Gasteiger partial charge in [0.05, 0.1) is 0 Å². The van der Waals surface area contributed by atoms with E-state index < -0.39 is 0 Å². The minimum atomic E-state index is 0.424. The summed E-state index contributed by atoms with van der Waals surface area (Å²) in [5.74, 6) is 0.748. The first kappa shape index (κ1) is 11.5. The molecule has 18 heavy (non-hydrogen) atoms. The normalized spacial score (nSPS) is 24.3. The summed E-state index contributed by atoms with van der Waals surface area (Å²) in [7, 11) is 0. The Labute approximate surface area is 107 Å². The van der Waals surface area contributed by atoms with Crippen molar-refractivity contribution in [3.8, 4) is 0 Å². The molecule has 1 saturated carbocycles. The third kappa shape index (κ3) is 2.48. The van der Waals surface area contributed by atoms with Gasteiger partial charge >= 0.3 is 0 Å². The van der Waals surface area contributed by atoms with Crippen molar-refractivity contribution in [1.29, 1.82) is 0 Å². The van der Waals surface area contributed by atoms with Crippen LogP contribution >= 0.6 is 0 Å². The molecule has 4 nitrogen and oxygen atoms in total. The quantitative estimate of drug-likeness (QED) is 0.872. The van der Waals surface area contributed by atoms with E-state index >= 15 is 0 Å². The molecule has 3 rings (SSSR count). The zero-order valence-electron chi connectivity index (χ0n) is 10.4. The molecule has 1 aliphatic rings. The minimum Gasteiger partial charge on any atom is -0.443 e. The Bertz CT molecular complexity index is 514. The largest absolute Gasteiger partial charge is 0.443 e. The lowest BCUT2D eigenvalue weighted by Crippen LogP contribution is -2.29. The molecule has 0 aliphatic heterocycles. The van der Waals surface area contributed by atoms with Gasteiger partial charge in [-0.3, -0.25) is 0 Å². The molecule has 1 aromatic carbocycles. The molecule has 3 N–H and O–H groups in total. The number of nitrogens with zero attached hydrogens (tertiary/aromatic N) is 1. The fourth-order valence-electron chi connectivity index (χ4n) is 2.62. The zero-order valence-corrected chi connectivity index (χ0v) is 10.4. The number of hydrogen-bond donors (Lipinski definition) is 2. The van der Waals surface area contributed by atoms with Crippen molar-refractivity contribution in [2.75, 3.05) is 11.9 Å². The highest BCUT2D eigenvalue weighted by Crippen LogP contribution is 2.24. The zero-order chi connectivity index (χ0) is 12.4. The van der Waals surface area contributed by atoms with Crippen molar-refractivity contribution in [2.24, 2.45) is 11.7 Å². The van der Waals surface area contributed by atoms with E-state index in [4.69, 9.17) is 10.2 Å². The standard InChI is InChI=1S/C14H19N3O/c15-11-3-1-10(2-4-11)8-16-12-5-6-14-13(7-12)17-9-18-14/h5-7,9-11,16H,1-4,8,15H2. The summed E-state index contributed by atoms with van der Waals surface area (Å²) in [4.78, 5) is 4.16. The first-order chi connectivity index (χ1) is 8.81. The van der Waals surface area contributed by atoms with Crippen molar-refractivity contribution < 1.29 is 4.42 Å². The van der Waals surface area contributed by atoms with Crippen molar-refractivity contribution in [2.45, 2.75) is 31.7 Å². The summed E-state index contributed by atoms with van der Waals surface area (Å²) in [5.41, 5.74) is 8.78. The number of fused-ring (bicyclic) bond motifs is 1. The van der Waals surface area contributed by atoms with Crippen LogP contribution in [0.4, 0.5) is 5.69 Å². The lowest BCUT2D eigenvalue weighted by molar-refractivity contribution is 0.339. The van der Waals surface area contributed by atoms with E-state index in [0.29, 0.717) is 6.04 Å². The maximum absolute atomic E-state index is 5.92. The number of anilines is 1. The number of rotatable bonds is 3. The molecule has 0 unspecified atom stereocenters. The van der Waals surface area contributed by atoms with Crippen LogP contribution in [-0.2, 0) is 0 Å². The average molecular weight is 245 g/mol. The van der Waals surface area contributed by atoms with Crippen molar-refractivity contribution in [3.05, 3.63) is 24.6 Å². The van der Waals surface area contributed by atoms with Crippen LogP contribution in [0, 0.1) is 5.92 Å². The third-order valence-electron chi connectivity index (χ3n) is 3.82. The molecule has 0 saturated heterocycles. The van der Waals surface area contributed by atoms with Gasteiger partial charge in [0, 0.05) is 18.3 Å². The molecule has 1 heterocycles. The second-order valence-corrected chi connectivity index (χ2v) is 5.20. The van der Waals surface area contributed by atoms with Gasteiger partial charge in [-0.1, -0.05) is 0 Å². The van der Waals surface area contributed by atoms with Crippen molar-refractivity contribution in [3.63, 3.8) is 0 Å². The van der Waals surface area contributed by atoms with Gasteiger partial charge in [-0.2, -0.15) is 0 Å². The predicted molar refractivity (Wildman–Crippen MR) is 72.4 cm³/mol. The molecule has 0 amide bonds. The summed E-state index contributed by atoms with van der Waals surface area (Å²) in [6.45, 7) is 1.02. The third-order valence-corrected chi connectivity index (χ3v) is 3.82. The van der Waals surface area contributed by atoms with Crippen molar-refractivity contribution in [1.82, 2.24) is 4.98 Å². The van der Waals surface area contributed by atoms with E-state index in [1.54, 1.807) is 0 Å². The number of oxazole rings is 1. The topological polar surface area (TPSA) is 64.1 Å². The summed E-state index contributed by atoms with van der Waals surface area (Å²) >= 11 is 0. The molecule has 96 valence electrons. The van der Waals surface area contributed by atoms with Crippen LogP contribution in [0.3, 0.4) is 0 Å². The summed E-state index contributed by atoms with van der Waals surface area (Å²) in [6, 6.07) is 6.46. The lowest BCUT2D eigenvalue weighted by atomic mass is 9.86. The van der Waals surface area contributed by atoms with Crippen LogP contribution in [-0.4, -0.2) is 17.6 Å². The van der Waals surface area contributed by atoms with Crippen LogP contribution in [0.1, 0.15) is 25.7 Å². The molecule has 0 spiro atoms. The number of hydrogen-bond acceptors (Lipinski definition) is 4. The fourth-order valence-corrected chi connectivity index (χ4v) is 2.62. The van der Waals surface area contributed by atoms with Crippen LogP contribution < -0.4 is 11.1 Å². The number of nitrogens with two attached hydrogens (primary N) is 1. The highest BCUT2D eigenvalue weighted by molar-refractivity contribution is 5.76. The predicted octanol–water partition coefficient (Wildman–Crippen LogP) is 2.76. The average Bonchev–Trinajstić information content (AvgIpc) is 2.85. The van der Waals surface area contributed by atoms with Gasteiger partial charge in [0.25, 0.3) is 0 Å². The molecular formula is C14H19N3O. The highest BCUT2D eigenvalue weighted by Gasteiger charge is 2.18. The molecule has 4 heteroatoms. The SMILES string of the molecule is NC1CCC(CNc2ccc3ocnc3c2)CC1. The van der Waals surface area contributed by atoms with Gasteiger partial charge < -0.3 is 15.5 Å². The van der Waals surface area contributed by atoms with Gasteiger partial charge in [-0.25, -0.2) is 4.98 Å². The van der Waals surface area contributed by atoms with E-state index in [1.165, 1.54) is 19.2 Å². The fraction of sp³-hybridized carbons (Fsp3) is 0.500. The number of nitrogens with one attached hydrogen (secondary N) is 1. The summed E-state index contributed by atoms with van der Waals surface area (Å²) < 4.78 is 5.23. The molecule has 0 radical (unpaired) electrons. The monoisotopic (exact) mass is 245 g/mol. The van der Waals surface area contributed by atoms with Crippen molar-refractivity contribution >= 4 is 16.8 Å². The van der Waals surface area contributed by atoms with E-state index in [-0.39, 0.29) is 0 Å². The Morgan fingerprint density at radius 2 is 2.11 bits per heavy atom. The van der Waals surface area contributed by atoms with Crippen LogP contribution in [0.2, 0.25) is 0 Å². The van der Waals surface area contributed by atoms with E-state index in [0.717, 1.165) is 42.1 Å². The lowest BCUT2D eigenvalue weighted by Gasteiger charge is -2.26. The maximum Gasteiger partial charge on any atom is 0.181 e. The molecule has 1 aromatic heterocycles. The maximum atomic E-state index is 5.92. The molecule has 0 atom stereocenters. The Hall–Kier alpha value is -1.55. The molecule has 0 bridgehead atoms. The number of benzene rings is 1. The smallest absolute Gasteiger partial charge is 0.181 e. The number of aromatic nitrogens is 1.